The second-order valence-corrected chi connectivity index (χ2v) is 11.0. The molecule has 198 valence electrons. The first kappa shape index (κ1) is 33.0. The molecule has 0 aromatic carbocycles. The first-order valence-electron chi connectivity index (χ1n) is 15.0. The second kappa shape index (κ2) is 28.2. The minimum atomic E-state index is 0.00673. The van der Waals surface area contributed by atoms with Crippen LogP contribution in [0, 0.1) is 5.92 Å². The average molecular weight is 532 g/mol. The highest BCUT2D eigenvalue weighted by atomic mass is 79.9. The van der Waals surface area contributed by atoms with Crippen LogP contribution in [0.4, 0.5) is 0 Å². The molecule has 0 heterocycles. The zero-order valence-electron chi connectivity index (χ0n) is 22.7. The molecular weight excluding hydrogens is 472 g/mol. The zero-order chi connectivity index (χ0) is 24.2. The minimum absolute atomic E-state index is 0.00673. The predicted octanol–water partition coefficient (Wildman–Crippen LogP) is 10.9. The largest absolute Gasteiger partial charge is 0.466 e. The van der Waals surface area contributed by atoms with E-state index in [0.717, 1.165) is 36.9 Å². The van der Waals surface area contributed by atoms with Crippen LogP contribution in [0.15, 0.2) is 0 Å². The van der Waals surface area contributed by atoms with E-state index in [2.05, 4.69) is 29.8 Å². The van der Waals surface area contributed by atoms with Crippen LogP contribution in [-0.4, -0.2) is 17.9 Å². The minimum Gasteiger partial charge on any atom is -0.466 e. The Morgan fingerprint density at radius 3 is 1.48 bits per heavy atom. The Balaban J connectivity index is 3.97. The number of carbonyl (C=O) groups excluding carboxylic acids is 1. The molecule has 0 fully saturated rings. The molecule has 33 heavy (non-hydrogen) atoms. The Hall–Kier alpha value is -0.0500. The Morgan fingerprint density at radius 1 is 0.576 bits per heavy atom. The monoisotopic (exact) mass is 530 g/mol. The van der Waals surface area contributed by atoms with E-state index in [1.54, 1.807) is 0 Å². The van der Waals surface area contributed by atoms with E-state index >= 15 is 0 Å². The number of halogens is 1. The summed E-state index contributed by atoms with van der Waals surface area (Å²) in [7, 11) is 0. The number of hydrogen-bond acceptors (Lipinski definition) is 2. The van der Waals surface area contributed by atoms with Crippen molar-refractivity contribution in [3.63, 3.8) is 0 Å². The number of alkyl halides is 1. The summed E-state index contributed by atoms with van der Waals surface area (Å²) in [5.41, 5.74) is 0. The molecule has 0 spiro atoms. The van der Waals surface area contributed by atoms with Crippen molar-refractivity contribution in [3.8, 4) is 0 Å². The number of hydrogen-bond donors (Lipinski definition) is 0. The Bertz CT molecular complexity index is 365. The normalized spacial score (nSPS) is 11.4. The summed E-state index contributed by atoms with van der Waals surface area (Å²) in [4.78, 5) is 11.9. The van der Waals surface area contributed by atoms with Crippen molar-refractivity contribution in [1.29, 1.82) is 0 Å². The van der Waals surface area contributed by atoms with E-state index in [4.69, 9.17) is 4.74 Å². The van der Waals surface area contributed by atoms with Gasteiger partial charge in [0, 0.05) is 11.8 Å². The number of carbonyl (C=O) groups is 1. The number of unbranched alkanes of at least 4 members (excludes halogenated alkanes) is 16. The van der Waals surface area contributed by atoms with Crippen molar-refractivity contribution in [3.05, 3.63) is 0 Å². The Morgan fingerprint density at radius 2 is 1.00 bits per heavy atom. The van der Waals surface area contributed by atoms with Crippen molar-refractivity contribution in [1.82, 2.24) is 0 Å². The number of rotatable bonds is 27. The molecule has 0 bridgehead atoms. The van der Waals surface area contributed by atoms with E-state index in [1.165, 1.54) is 122 Å². The lowest BCUT2D eigenvalue weighted by Crippen LogP contribution is -2.08. The van der Waals surface area contributed by atoms with Crippen molar-refractivity contribution in [2.24, 2.45) is 5.92 Å². The van der Waals surface area contributed by atoms with Crippen LogP contribution in [0.1, 0.15) is 168 Å². The summed E-state index contributed by atoms with van der Waals surface area (Å²) < 4.78 is 5.50. The smallest absolute Gasteiger partial charge is 0.305 e. The molecule has 0 N–H and O–H groups in total. The van der Waals surface area contributed by atoms with Crippen molar-refractivity contribution < 1.29 is 9.53 Å². The molecule has 0 amide bonds. The number of esters is 1. The summed E-state index contributed by atoms with van der Waals surface area (Å²) in [6.45, 7) is 5.21. The van der Waals surface area contributed by atoms with E-state index in [-0.39, 0.29) is 5.97 Å². The molecule has 0 unspecified atom stereocenters. The third kappa shape index (κ3) is 26.4. The highest BCUT2D eigenvalue weighted by Crippen LogP contribution is 2.23. The third-order valence-electron chi connectivity index (χ3n) is 6.97. The lowest BCUT2D eigenvalue weighted by atomic mass is 9.90. The van der Waals surface area contributed by atoms with Gasteiger partial charge in [-0.05, 0) is 31.6 Å². The second-order valence-electron chi connectivity index (χ2n) is 10.3. The van der Waals surface area contributed by atoms with Gasteiger partial charge in [0.2, 0.25) is 0 Å². The maximum absolute atomic E-state index is 11.9. The standard InChI is InChI=1S/C30H59BrO2/c1-3-5-7-9-11-13-15-18-23-29(24-19-16-14-12-10-8-6-4-2)25-22-28-33-30(32)26-20-17-21-27-31/h29H,3-28H2,1-2H3. The van der Waals surface area contributed by atoms with Gasteiger partial charge < -0.3 is 4.74 Å². The molecular formula is C30H59BrO2. The first-order chi connectivity index (χ1) is 16.2. The van der Waals surface area contributed by atoms with Gasteiger partial charge in [0.15, 0.2) is 0 Å². The highest BCUT2D eigenvalue weighted by Gasteiger charge is 2.10. The molecule has 0 aliphatic heterocycles. The number of ether oxygens (including phenoxy) is 1. The van der Waals surface area contributed by atoms with Gasteiger partial charge in [-0.15, -0.1) is 0 Å². The molecule has 0 radical (unpaired) electrons. The molecule has 2 nitrogen and oxygen atoms in total. The fourth-order valence-corrected chi connectivity index (χ4v) is 5.13. The quantitative estimate of drug-likeness (QED) is 0.0598. The summed E-state index contributed by atoms with van der Waals surface area (Å²) in [6.07, 6.45) is 31.3. The molecule has 0 saturated carbocycles. The van der Waals surface area contributed by atoms with Crippen LogP contribution in [0.5, 0.6) is 0 Å². The summed E-state index contributed by atoms with van der Waals surface area (Å²) >= 11 is 3.44. The molecule has 0 aliphatic carbocycles. The van der Waals surface area contributed by atoms with Crippen LogP contribution in [-0.2, 0) is 9.53 Å². The van der Waals surface area contributed by atoms with Crippen molar-refractivity contribution in [2.75, 3.05) is 11.9 Å². The van der Waals surface area contributed by atoms with Gasteiger partial charge >= 0.3 is 5.97 Å². The fourth-order valence-electron chi connectivity index (χ4n) is 4.74. The van der Waals surface area contributed by atoms with E-state index in [0.29, 0.717) is 13.0 Å². The van der Waals surface area contributed by atoms with Gasteiger partial charge in [-0.3, -0.25) is 4.79 Å². The van der Waals surface area contributed by atoms with Crippen molar-refractivity contribution in [2.45, 2.75) is 168 Å². The molecule has 0 aliphatic rings. The van der Waals surface area contributed by atoms with Gasteiger partial charge in [0.05, 0.1) is 6.61 Å². The van der Waals surface area contributed by atoms with E-state index < -0.39 is 0 Å². The highest BCUT2D eigenvalue weighted by molar-refractivity contribution is 9.09. The third-order valence-corrected chi connectivity index (χ3v) is 7.53. The Labute approximate surface area is 216 Å². The van der Waals surface area contributed by atoms with Crippen LogP contribution in [0.25, 0.3) is 0 Å². The van der Waals surface area contributed by atoms with Gasteiger partial charge in [-0.1, -0.05) is 152 Å². The van der Waals surface area contributed by atoms with Gasteiger partial charge in [-0.25, -0.2) is 0 Å². The van der Waals surface area contributed by atoms with Crippen LogP contribution in [0.3, 0.4) is 0 Å². The molecule has 0 saturated heterocycles. The van der Waals surface area contributed by atoms with Gasteiger partial charge in [-0.2, -0.15) is 0 Å². The summed E-state index contributed by atoms with van der Waals surface area (Å²) in [5, 5.41) is 1.03. The van der Waals surface area contributed by atoms with E-state index in [9.17, 15) is 4.79 Å². The lowest BCUT2D eigenvalue weighted by molar-refractivity contribution is -0.144. The first-order valence-corrected chi connectivity index (χ1v) is 16.1. The topological polar surface area (TPSA) is 26.3 Å². The molecule has 0 rings (SSSR count). The average Bonchev–Trinajstić information content (AvgIpc) is 2.82. The summed E-state index contributed by atoms with van der Waals surface area (Å²) in [6, 6.07) is 0. The SMILES string of the molecule is CCCCCCCCCCC(CCCCCCCCCC)CCCOC(=O)CCCCCBr. The fraction of sp³-hybridized carbons (Fsp3) is 0.967. The molecule has 0 aromatic heterocycles. The molecule has 3 heteroatoms. The Kier molecular flexibility index (Phi) is 28.1. The summed E-state index contributed by atoms with van der Waals surface area (Å²) in [5.74, 6) is 0.843. The van der Waals surface area contributed by atoms with Crippen LogP contribution in [0.2, 0.25) is 0 Å². The van der Waals surface area contributed by atoms with Crippen LogP contribution < -0.4 is 0 Å². The van der Waals surface area contributed by atoms with Crippen LogP contribution >= 0.6 is 15.9 Å². The van der Waals surface area contributed by atoms with Gasteiger partial charge in [0.25, 0.3) is 0 Å². The molecule has 0 atom stereocenters. The van der Waals surface area contributed by atoms with Crippen molar-refractivity contribution >= 4 is 21.9 Å². The maximum atomic E-state index is 11.9. The maximum Gasteiger partial charge on any atom is 0.305 e. The predicted molar refractivity (Wildman–Crippen MR) is 150 cm³/mol. The van der Waals surface area contributed by atoms with Gasteiger partial charge in [0.1, 0.15) is 0 Å². The van der Waals surface area contributed by atoms with E-state index in [1.807, 2.05) is 0 Å². The molecule has 0 aromatic rings. The zero-order valence-corrected chi connectivity index (χ0v) is 24.2. The lowest BCUT2D eigenvalue weighted by Gasteiger charge is -2.17.